The van der Waals surface area contributed by atoms with Gasteiger partial charge in [0, 0.05) is 12.3 Å². The fourth-order valence-corrected chi connectivity index (χ4v) is 5.16. The van der Waals surface area contributed by atoms with Crippen molar-refractivity contribution in [2.75, 3.05) is 38.6 Å². The second-order valence-corrected chi connectivity index (χ2v) is 8.72. The standard InChI is InChI=1S/C20H27N5O3S2/c1-28-15-7-4-6-14(12-15)13-29-19-16(17(21)26)18(30-24-19)23-20(27)22-8-5-11-25-9-2-3-10-25/h4,6-7,12H,2-3,5,8-11,13H2,1H3,(H2,21,26)(H2,22,23,27). The molecule has 1 aromatic carbocycles. The van der Waals surface area contributed by atoms with Gasteiger partial charge in [0.25, 0.3) is 5.91 Å². The number of nitrogens with one attached hydrogen (secondary N) is 2. The molecule has 3 rings (SSSR count). The monoisotopic (exact) mass is 449 g/mol. The van der Waals surface area contributed by atoms with Crippen LogP contribution in [0, 0.1) is 0 Å². The van der Waals surface area contributed by atoms with Gasteiger partial charge in [0.15, 0.2) is 0 Å². The average Bonchev–Trinajstić information content (AvgIpc) is 3.39. The van der Waals surface area contributed by atoms with Crippen LogP contribution < -0.4 is 21.1 Å². The van der Waals surface area contributed by atoms with Gasteiger partial charge in [-0.25, -0.2) is 4.79 Å². The third-order valence-electron chi connectivity index (χ3n) is 4.78. The van der Waals surface area contributed by atoms with Gasteiger partial charge in [-0.3, -0.25) is 10.1 Å². The molecule has 162 valence electrons. The van der Waals surface area contributed by atoms with Crippen LogP contribution in [0.5, 0.6) is 5.75 Å². The van der Waals surface area contributed by atoms with Crippen molar-refractivity contribution >= 4 is 40.2 Å². The zero-order valence-corrected chi connectivity index (χ0v) is 18.6. The van der Waals surface area contributed by atoms with Crippen LogP contribution in [0.15, 0.2) is 29.3 Å². The maximum atomic E-state index is 12.2. The van der Waals surface area contributed by atoms with Gasteiger partial charge in [-0.05, 0) is 68.1 Å². The number of aromatic nitrogens is 1. The van der Waals surface area contributed by atoms with Gasteiger partial charge >= 0.3 is 6.03 Å². The van der Waals surface area contributed by atoms with E-state index in [1.54, 1.807) is 7.11 Å². The van der Waals surface area contributed by atoms with Gasteiger partial charge in [-0.15, -0.1) is 0 Å². The number of carbonyl (C=O) groups excluding carboxylic acids is 2. The van der Waals surface area contributed by atoms with Crippen LogP contribution >= 0.6 is 23.3 Å². The minimum atomic E-state index is -0.610. The highest BCUT2D eigenvalue weighted by molar-refractivity contribution is 7.98. The summed E-state index contributed by atoms with van der Waals surface area (Å²) in [6.45, 7) is 3.85. The molecule has 4 N–H and O–H groups in total. The molecule has 0 atom stereocenters. The second-order valence-electron chi connectivity index (χ2n) is 6.98. The van der Waals surface area contributed by atoms with Crippen molar-refractivity contribution in [3.05, 3.63) is 35.4 Å². The summed E-state index contributed by atoms with van der Waals surface area (Å²) in [6.07, 6.45) is 3.40. The minimum Gasteiger partial charge on any atom is -0.497 e. The number of amides is 3. The molecule has 0 saturated carbocycles. The van der Waals surface area contributed by atoms with Crippen molar-refractivity contribution in [1.29, 1.82) is 0 Å². The Bertz CT molecular complexity index is 868. The maximum absolute atomic E-state index is 12.2. The van der Waals surface area contributed by atoms with Crippen molar-refractivity contribution in [3.63, 3.8) is 0 Å². The molecule has 0 unspecified atom stereocenters. The lowest BCUT2D eigenvalue weighted by Crippen LogP contribution is -2.32. The maximum Gasteiger partial charge on any atom is 0.319 e. The molecule has 0 bridgehead atoms. The van der Waals surface area contributed by atoms with Gasteiger partial charge in [-0.2, -0.15) is 4.37 Å². The molecule has 0 radical (unpaired) electrons. The van der Waals surface area contributed by atoms with E-state index < -0.39 is 5.91 Å². The smallest absolute Gasteiger partial charge is 0.319 e. The molecule has 10 heteroatoms. The van der Waals surface area contributed by atoms with Crippen molar-refractivity contribution in [2.24, 2.45) is 5.73 Å². The van der Waals surface area contributed by atoms with Crippen molar-refractivity contribution < 1.29 is 14.3 Å². The van der Waals surface area contributed by atoms with Gasteiger partial charge in [-0.1, -0.05) is 23.9 Å². The molecule has 3 amide bonds. The molecule has 1 aliphatic heterocycles. The number of benzene rings is 1. The molecule has 0 spiro atoms. The highest BCUT2D eigenvalue weighted by Gasteiger charge is 2.21. The van der Waals surface area contributed by atoms with E-state index in [1.807, 2.05) is 24.3 Å². The van der Waals surface area contributed by atoms with E-state index in [1.165, 1.54) is 24.6 Å². The number of ether oxygens (including phenoxy) is 1. The van der Waals surface area contributed by atoms with E-state index in [9.17, 15) is 9.59 Å². The lowest BCUT2D eigenvalue weighted by molar-refractivity contribution is 0.0998. The Balaban J connectivity index is 1.52. The third-order valence-corrected chi connectivity index (χ3v) is 6.70. The van der Waals surface area contributed by atoms with Gasteiger partial charge in [0.05, 0.1) is 7.11 Å². The summed E-state index contributed by atoms with van der Waals surface area (Å²) in [5.41, 5.74) is 6.84. The summed E-state index contributed by atoms with van der Waals surface area (Å²) in [6, 6.07) is 7.33. The number of hydrogen-bond acceptors (Lipinski definition) is 7. The van der Waals surface area contributed by atoms with Crippen LogP contribution in [0.1, 0.15) is 35.2 Å². The number of anilines is 1. The Labute approximate surface area is 184 Å². The topological polar surface area (TPSA) is 110 Å². The first kappa shape index (κ1) is 22.4. The molecule has 2 heterocycles. The number of carbonyl (C=O) groups is 2. The fraction of sp³-hybridized carbons (Fsp3) is 0.450. The summed E-state index contributed by atoms with van der Waals surface area (Å²) >= 11 is 2.46. The van der Waals surface area contributed by atoms with Gasteiger partial charge < -0.3 is 20.7 Å². The fourth-order valence-electron chi connectivity index (χ4n) is 3.25. The zero-order chi connectivity index (χ0) is 21.3. The van der Waals surface area contributed by atoms with Crippen molar-refractivity contribution in [1.82, 2.24) is 14.6 Å². The molecular weight excluding hydrogens is 422 g/mol. The largest absolute Gasteiger partial charge is 0.497 e. The first-order valence-electron chi connectivity index (χ1n) is 9.89. The number of hydrogen-bond donors (Lipinski definition) is 3. The normalized spacial score (nSPS) is 13.9. The van der Waals surface area contributed by atoms with E-state index in [0.717, 1.165) is 48.9 Å². The van der Waals surface area contributed by atoms with E-state index in [-0.39, 0.29) is 11.6 Å². The molecule has 8 nitrogen and oxygen atoms in total. The summed E-state index contributed by atoms with van der Waals surface area (Å²) in [4.78, 5) is 26.6. The number of methoxy groups -OCH3 is 1. The molecule has 30 heavy (non-hydrogen) atoms. The molecule has 1 saturated heterocycles. The highest BCUT2D eigenvalue weighted by Crippen LogP contribution is 2.33. The SMILES string of the molecule is COc1cccc(CSc2nsc(NC(=O)NCCCN3CCCC3)c2C(N)=O)c1. The Morgan fingerprint density at radius 1 is 1.33 bits per heavy atom. The first-order valence-corrected chi connectivity index (χ1v) is 11.6. The molecule has 1 aliphatic rings. The van der Waals surface area contributed by atoms with Crippen LogP contribution in [0.2, 0.25) is 0 Å². The molecule has 1 fully saturated rings. The Morgan fingerprint density at radius 2 is 2.13 bits per heavy atom. The number of urea groups is 1. The minimum absolute atomic E-state index is 0.250. The van der Waals surface area contributed by atoms with Crippen LogP contribution in [-0.4, -0.2) is 54.5 Å². The quantitative estimate of drug-likeness (QED) is 0.380. The molecule has 0 aliphatic carbocycles. The number of nitrogens with zero attached hydrogens (tertiary/aromatic N) is 2. The summed E-state index contributed by atoms with van der Waals surface area (Å²) in [5.74, 6) is 0.759. The number of thioether (sulfide) groups is 1. The third kappa shape index (κ3) is 6.35. The zero-order valence-electron chi connectivity index (χ0n) is 17.0. The lowest BCUT2D eigenvalue weighted by atomic mass is 10.2. The van der Waals surface area contributed by atoms with Crippen LogP contribution in [0.25, 0.3) is 0 Å². The number of nitrogens with two attached hydrogens (primary N) is 1. The predicted octanol–water partition coefficient (Wildman–Crippen LogP) is 3.15. The number of primary amides is 1. The molecular formula is C20H27N5O3S2. The lowest BCUT2D eigenvalue weighted by Gasteiger charge is -2.14. The Hall–Kier alpha value is -2.30. The summed E-state index contributed by atoms with van der Waals surface area (Å²) < 4.78 is 9.55. The summed E-state index contributed by atoms with van der Waals surface area (Å²) in [7, 11) is 1.62. The van der Waals surface area contributed by atoms with E-state index in [0.29, 0.717) is 22.3 Å². The van der Waals surface area contributed by atoms with E-state index >= 15 is 0 Å². The van der Waals surface area contributed by atoms with E-state index in [4.69, 9.17) is 10.5 Å². The van der Waals surface area contributed by atoms with Crippen molar-refractivity contribution in [2.45, 2.75) is 30.0 Å². The predicted molar refractivity (Wildman–Crippen MR) is 120 cm³/mol. The number of likely N-dealkylation sites (tertiary alicyclic amines) is 1. The van der Waals surface area contributed by atoms with Crippen molar-refractivity contribution in [3.8, 4) is 5.75 Å². The second kappa shape index (κ2) is 11.2. The van der Waals surface area contributed by atoms with E-state index in [2.05, 4.69) is 19.9 Å². The highest BCUT2D eigenvalue weighted by atomic mass is 32.2. The van der Waals surface area contributed by atoms with Crippen LogP contribution in [0.3, 0.4) is 0 Å². The summed E-state index contributed by atoms with van der Waals surface area (Å²) in [5, 5.41) is 6.43. The average molecular weight is 450 g/mol. The van der Waals surface area contributed by atoms with Gasteiger partial charge in [0.2, 0.25) is 0 Å². The first-order chi connectivity index (χ1) is 14.6. The Morgan fingerprint density at radius 3 is 2.87 bits per heavy atom. The van der Waals surface area contributed by atoms with Crippen LogP contribution in [0.4, 0.5) is 9.80 Å². The number of rotatable bonds is 10. The molecule has 1 aromatic heterocycles. The van der Waals surface area contributed by atoms with Gasteiger partial charge in [0.1, 0.15) is 21.3 Å². The Kier molecular flexibility index (Phi) is 8.35. The molecule has 2 aromatic rings. The van der Waals surface area contributed by atoms with Crippen LogP contribution in [-0.2, 0) is 5.75 Å².